The quantitative estimate of drug-likeness (QED) is 0.478. The van der Waals surface area contributed by atoms with E-state index in [1.807, 2.05) is 72.5 Å². The van der Waals surface area contributed by atoms with E-state index < -0.39 is 0 Å². The minimum absolute atomic E-state index is 0.108. The minimum atomic E-state index is -0.108. The lowest BCUT2D eigenvalue weighted by atomic mass is 10.1. The number of hydrogen-bond acceptors (Lipinski definition) is 4. The first-order chi connectivity index (χ1) is 15.2. The van der Waals surface area contributed by atoms with Crippen LogP contribution >= 0.6 is 0 Å². The number of pyridine rings is 1. The van der Waals surface area contributed by atoms with Crippen LogP contribution in [0.15, 0.2) is 85.3 Å². The van der Waals surface area contributed by atoms with Gasteiger partial charge in [-0.2, -0.15) is 0 Å². The lowest BCUT2D eigenvalue weighted by Crippen LogP contribution is -2.32. The van der Waals surface area contributed by atoms with Gasteiger partial charge >= 0.3 is 0 Å². The summed E-state index contributed by atoms with van der Waals surface area (Å²) >= 11 is 0. The molecule has 0 spiro atoms. The molecule has 0 bridgehead atoms. The zero-order chi connectivity index (χ0) is 21.2. The fourth-order valence-electron chi connectivity index (χ4n) is 3.64. The van der Waals surface area contributed by atoms with Crippen molar-refractivity contribution in [2.75, 3.05) is 18.1 Å². The summed E-state index contributed by atoms with van der Waals surface area (Å²) in [6.45, 7) is 0.914. The van der Waals surface area contributed by atoms with Crippen LogP contribution in [0.3, 0.4) is 0 Å². The predicted molar refractivity (Wildman–Crippen MR) is 119 cm³/mol. The second kappa shape index (κ2) is 7.99. The number of benzene rings is 2. The summed E-state index contributed by atoms with van der Waals surface area (Å²) in [5, 5.41) is 0. The molecule has 0 atom stereocenters. The Morgan fingerprint density at radius 1 is 1.00 bits per heavy atom. The third-order valence-corrected chi connectivity index (χ3v) is 5.16. The SMILES string of the molecule is Cn1ccc(-c2cc(Oc3ccc4c(c3)C(=O)N(c3ccccc3)CCO4)ccn2)c1. The number of ether oxygens (including phenoxy) is 2. The minimum Gasteiger partial charge on any atom is -0.491 e. The Bertz CT molecular complexity index is 1230. The number of carbonyl (C=O) groups excluding carboxylic acids is 1. The maximum Gasteiger partial charge on any atom is 0.262 e. The van der Waals surface area contributed by atoms with Crippen LogP contribution in [0.2, 0.25) is 0 Å². The van der Waals surface area contributed by atoms with E-state index in [0.717, 1.165) is 16.9 Å². The van der Waals surface area contributed by atoms with Gasteiger partial charge in [0.25, 0.3) is 5.91 Å². The zero-order valence-corrected chi connectivity index (χ0v) is 17.1. The fourth-order valence-corrected chi connectivity index (χ4v) is 3.64. The van der Waals surface area contributed by atoms with E-state index in [9.17, 15) is 4.79 Å². The number of fused-ring (bicyclic) bond motifs is 1. The molecule has 1 aliphatic rings. The summed E-state index contributed by atoms with van der Waals surface area (Å²) in [5.74, 6) is 1.67. The van der Waals surface area contributed by atoms with Gasteiger partial charge in [-0.3, -0.25) is 9.78 Å². The monoisotopic (exact) mass is 411 g/mol. The highest BCUT2D eigenvalue weighted by atomic mass is 16.5. The van der Waals surface area contributed by atoms with Gasteiger partial charge in [-0.05, 0) is 42.5 Å². The van der Waals surface area contributed by atoms with Crippen LogP contribution in [-0.4, -0.2) is 28.6 Å². The molecule has 154 valence electrons. The summed E-state index contributed by atoms with van der Waals surface area (Å²) in [4.78, 5) is 19.4. The van der Waals surface area contributed by atoms with Gasteiger partial charge < -0.3 is 18.9 Å². The average Bonchev–Trinajstić information content (AvgIpc) is 3.17. The van der Waals surface area contributed by atoms with Crippen LogP contribution in [-0.2, 0) is 7.05 Å². The van der Waals surface area contributed by atoms with Gasteiger partial charge in [0.1, 0.15) is 23.9 Å². The fraction of sp³-hybridized carbons (Fsp3) is 0.120. The van der Waals surface area contributed by atoms with E-state index in [-0.39, 0.29) is 5.91 Å². The van der Waals surface area contributed by atoms with Crippen LogP contribution in [0.5, 0.6) is 17.2 Å². The molecule has 0 N–H and O–H groups in total. The van der Waals surface area contributed by atoms with E-state index in [4.69, 9.17) is 9.47 Å². The Labute approximate surface area is 180 Å². The molecule has 31 heavy (non-hydrogen) atoms. The van der Waals surface area contributed by atoms with Crippen molar-refractivity contribution in [3.63, 3.8) is 0 Å². The third-order valence-electron chi connectivity index (χ3n) is 5.16. The van der Waals surface area contributed by atoms with Crippen molar-refractivity contribution in [2.45, 2.75) is 0 Å². The molecule has 0 saturated heterocycles. The lowest BCUT2D eigenvalue weighted by Gasteiger charge is -2.20. The van der Waals surface area contributed by atoms with Gasteiger partial charge in [-0.15, -0.1) is 0 Å². The topological polar surface area (TPSA) is 56.6 Å². The van der Waals surface area contributed by atoms with Crippen molar-refractivity contribution in [3.8, 4) is 28.5 Å². The first kappa shape index (κ1) is 18.9. The largest absolute Gasteiger partial charge is 0.491 e. The van der Waals surface area contributed by atoms with Crippen molar-refractivity contribution in [3.05, 3.63) is 90.9 Å². The molecule has 0 radical (unpaired) electrons. The molecule has 1 aliphatic heterocycles. The molecule has 3 heterocycles. The second-order valence-electron chi connectivity index (χ2n) is 7.34. The molecule has 0 aliphatic carbocycles. The van der Waals surface area contributed by atoms with E-state index in [1.54, 1.807) is 29.3 Å². The van der Waals surface area contributed by atoms with Crippen molar-refractivity contribution >= 4 is 11.6 Å². The molecule has 2 aromatic heterocycles. The highest BCUT2D eigenvalue weighted by Crippen LogP contribution is 2.32. The average molecular weight is 411 g/mol. The number of hydrogen-bond donors (Lipinski definition) is 0. The van der Waals surface area contributed by atoms with E-state index in [0.29, 0.717) is 36.0 Å². The maximum atomic E-state index is 13.3. The second-order valence-corrected chi connectivity index (χ2v) is 7.34. The van der Waals surface area contributed by atoms with E-state index >= 15 is 0 Å². The van der Waals surface area contributed by atoms with Gasteiger partial charge in [-0.1, -0.05) is 18.2 Å². The Hall–Kier alpha value is -4.06. The van der Waals surface area contributed by atoms with Crippen molar-refractivity contribution < 1.29 is 14.3 Å². The molecule has 0 fully saturated rings. The van der Waals surface area contributed by atoms with Crippen LogP contribution in [0, 0.1) is 0 Å². The molecule has 5 rings (SSSR count). The van der Waals surface area contributed by atoms with Crippen LogP contribution in [0.4, 0.5) is 5.69 Å². The van der Waals surface area contributed by atoms with Gasteiger partial charge in [0.05, 0.1) is 17.8 Å². The van der Waals surface area contributed by atoms with Crippen LogP contribution < -0.4 is 14.4 Å². The van der Waals surface area contributed by atoms with Gasteiger partial charge in [0, 0.05) is 43.0 Å². The van der Waals surface area contributed by atoms with Crippen molar-refractivity contribution in [1.29, 1.82) is 0 Å². The normalized spacial score (nSPS) is 13.3. The molecule has 0 saturated carbocycles. The number of aromatic nitrogens is 2. The van der Waals surface area contributed by atoms with E-state index in [2.05, 4.69) is 4.98 Å². The van der Waals surface area contributed by atoms with Crippen molar-refractivity contribution in [1.82, 2.24) is 9.55 Å². The van der Waals surface area contributed by atoms with Gasteiger partial charge in [0.2, 0.25) is 0 Å². The standard InChI is InChI=1S/C25H21N3O3/c1-27-12-10-18(17-27)23-16-21(9-11-26-23)31-20-7-8-24-22(15-20)25(29)28(13-14-30-24)19-5-3-2-4-6-19/h2-12,15-17H,13-14H2,1H3. The highest BCUT2D eigenvalue weighted by Gasteiger charge is 2.25. The molecular weight excluding hydrogens is 390 g/mol. The molecule has 6 heteroatoms. The number of carbonyl (C=O) groups is 1. The molecule has 2 aromatic carbocycles. The van der Waals surface area contributed by atoms with Crippen LogP contribution in [0.25, 0.3) is 11.3 Å². The van der Waals surface area contributed by atoms with E-state index in [1.165, 1.54) is 0 Å². The Morgan fingerprint density at radius 3 is 2.65 bits per heavy atom. The number of anilines is 1. The number of para-hydroxylation sites is 1. The maximum absolute atomic E-state index is 13.3. The molecular formula is C25H21N3O3. The first-order valence-corrected chi connectivity index (χ1v) is 10.1. The lowest BCUT2D eigenvalue weighted by molar-refractivity contribution is 0.0989. The van der Waals surface area contributed by atoms with Gasteiger partial charge in [-0.25, -0.2) is 0 Å². The van der Waals surface area contributed by atoms with Crippen LogP contribution in [0.1, 0.15) is 10.4 Å². The Morgan fingerprint density at radius 2 is 1.84 bits per heavy atom. The summed E-state index contributed by atoms with van der Waals surface area (Å²) < 4.78 is 13.9. The summed E-state index contributed by atoms with van der Waals surface area (Å²) in [6.07, 6.45) is 5.69. The molecule has 4 aromatic rings. The summed E-state index contributed by atoms with van der Waals surface area (Å²) in [7, 11) is 1.97. The molecule has 0 unspecified atom stereocenters. The van der Waals surface area contributed by atoms with Gasteiger partial charge in [0.15, 0.2) is 0 Å². The number of aryl methyl sites for hydroxylation is 1. The first-order valence-electron chi connectivity index (χ1n) is 10.1. The predicted octanol–water partition coefficient (Wildman–Crippen LogP) is 4.92. The number of amides is 1. The third kappa shape index (κ3) is 3.88. The Kier molecular flexibility index (Phi) is 4.88. The Balaban J connectivity index is 1.43. The van der Waals surface area contributed by atoms with Crippen molar-refractivity contribution in [2.24, 2.45) is 7.05 Å². The smallest absolute Gasteiger partial charge is 0.262 e. The number of rotatable bonds is 4. The molecule has 6 nitrogen and oxygen atoms in total. The highest BCUT2D eigenvalue weighted by molar-refractivity contribution is 6.08. The summed E-state index contributed by atoms with van der Waals surface area (Å²) in [6, 6.07) is 20.6. The summed E-state index contributed by atoms with van der Waals surface area (Å²) in [5.41, 5.74) is 3.16. The zero-order valence-electron chi connectivity index (χ0n) is 17.1. The number of nitrogens with zero attached hydrogens (tertiary/aromatic N) is 3. The molecule has 1 amide bonds.